The zero-order chi connectivity index (χ0) is 17.1. The SMILES string of the molecule is CC(C)N(C)CCCCNC(=O)N1C[C@@H]2CN3CCCC[C@H]3[C@H]2C1. The van der Waals surface area contributed by atoms with Crippen LogP contribution in [0.15, 0.2) is 0 Å². The van der Waals surface area contributed by atoms with Crippen LogP contribution in [0.25, 0.3) is 0 Å². The fourth-order valence-corrected chi connectivity index (χ4v) is 4.77. The minimum absolute atomic E-state index is 0.170. The Morgan fingerprint density at radius 2 is 2.04 bits per heavy atom. The van der Waals surface area contributed by atoms with E-state index in [1.165, 1.54) is 32.4 Å². The lowest BCUT2D eigenvalue weighted by molar-refractivity contribution is 0.154. The van der Waals surface area contributed by atoms with Crippen LogP contribution in [0, 0.1) is 11.8 Å². The number of nitrogens with one attached hydrogen (secondary N) is 1. The monoisotopic (exact) mass is 336 g/mol. The van der Waals surface area contributed by atoms with Gasteiger partial charge in [0.25, 0.3) is 0 Å². The maximum Gasteiger partial charge on any atom is 0.317 e. The molecule has 0 saturated carbocycles. The van der Waals surface area contributed by atoms with E-state index in [0.717, 1.165) is 56.9 Å². The lowest BCUT2D eigenvalue weighted by Crippen LogP contribution is -2.43. The number of unbranched alkanes of at least 4 members (excludes halogenated alkanes) is 1. The third-order valence-electron chi connectivity index (χ3n) is 6.50. The summed E-state index contributed by atoms with van der Waals surface area (Å²) in [6.45, 7) is 10.8. The lowest BCUT2D eigenvalue weighted by Gasteiger charge is -2.33. The minimum Gasteiger partial charge on any atom is -0.338 e. The Morgan fingerprint density at radius 1 is 1.21 bits per heavy atom. The number of hydrogen-bond acceptors (Lipinski definition) is 3. The highest BCUT2D eigenvalue weighted by molar-refractivity contribution is 5.74. The van der Waals surface area contributed by atoms with Gasteiger partial charge in [0.05, 0.1) is 0 Å². The normalized spacial score (nSPS) is 30.0. The number of carbonyl (C=O) groups is 1. The molecule has 0 spiro atoms. The van der Waals surface area contributed by atoms with Crippen LogP contribution < -0.4 is 5.32 Å². The predicted molar refractivity (Wildman–Crippen MR) is 98.2 cm³/mol. The summed E-state index contributed by atoms with van der Waals surface area (Å²) in [6, 6.07) is 1.53. The fraction of sp³-hybridized carbons (Fsp3) is 0.947. The van der Waals surface area contributed by atoms with Crippen molar-refractivity contribution in [2.24, 2.45) is 11.8 Å². The number of rotatable bonds is 6. The Balaban J connectivity index is 1.34. The van der Waals surface area contributed by atoms with Crippen molar-refractivity contribution in [3.63, 3.8) is 0 Å². The van der Waals surface area contributed by atoms with Crippen molar-refractivity contribution < 1.29 is 4.79 Å². The number of fused-ring (bicyclic) bond motifs is 3. The van der Waals surface area contributed by atoms with Crippen molar-refractivity contribution in [2.75, 3.05) is 46.3 Å². The van der Waals surface area contributed by atoms with Gasteiger partial charge in [-0.05, 0) is 71.5 Å². The first kappa shape index (κ1) is 18.0. The van der Waals surface area contributed by atoms with E-state index in [2.05, 4.69) is 40.9 Å². The van der Waals surface area contributed by atoms with Crippen molar-refractivity contribution >= 4 is 6.03 Å². The average Bonchev–Trinajstić information content (AvgIpc) is 3.11. The number of nitrogens with zero attached hydrogens (tertiary/aromatic N) is 3. The third-order valence-corrected chi connectivity index (χ3v) is 6.50. The minimum atomic E-state index is 0.170. The molecule has 0 aliphatic carbocycles. The molecule has 0 radical (unpaired) electrons. The molecule has 3 fully saturated rings. The maximum atomic E-state index is 12.4. The van der Waals surface area contributed by atoms with Gasteiger partial charge in [0.15, 0.2) is 0 Å². The smallest absolute Gasteiger partial charge is 0.317 e. The molecule has 3 aliphatic rings. The summed E-state index contributed by atoms with van der Waals surface area (Å²) in [5.74, 6) is 1.45. The van der Waals surface area contributed by atoms with Crippen LogP contribution in [0.1, 0.15) is 46.0 Å². The molecule has 0 bridgehead atoms. The van der Waals surface area contributed by atoms with Crippen LogP contribution in [0.3, 0.4) is 0 Å². The Kier molecular flexibility index (Phi) is 6.03. The first-order chi connectivity index (χ1) is 11.6. The van der Waals surface area contributed by atoms with Gasteiger partial charge in [-0.25, -0.2) is 4.79 Å². The summed E-state index contributed by atoms with van der Waals surface area (Å²) in [7, 11) is 2.17. The summed E-state index contributed by atoms with van der Waals surface area (Å²) in [6.07, 6.45) is 6.31. The average molecular weight is 337 g/mol. The van der Waals surface area contributed by atoms with Gasteiger partial charge in [0.2, 0.25) is 0 Å². The van der Waals surface area contributed by atoms with Crippen LogP contribution in [-0.4, -0.2) is 79.1 Å². The number of amides is 2. The third kappa shape index (κ3) is 4.05. The van der Waals surface area contributed by atoms with E-state index in [4.69, 9.17) is 0 Å². The molecular weight excluding hydrogens is 300 g/mol. The molecular formula is C19H36N4O. The van der Waals surface area contributed by atoms with Crippen LogP contribution >= 0.6 is 0 Å². The summed E-state index contributed by atoms with van der Waals surface area (Å²) in [5, 5.41) is 3.14. The van der Waals surface area contributed by atoms with Gasteiger partial charge < -0.3 is 15.1 Å². The highest BCUT2D eigenvalue weighted by atomic mass is 16.2. The second-order valence-electron chi connectivity index (χ2n) is 8.40. The second kappa shape index (κ2) is 8.05. The molecule has 24 heavy (non-hydrogen) atoms. The molecule has 3 aliphatic heterocycles. The summed E-state index contributed by atoms with van der Waals surface area (Å²) >= 11 is 0. The molecule has 5 heteroatoms. The van der Waals surface area contributed by atoms with Crippen LogP contribution in [-0.2, 0) is 0 Å². The van der Waals surface area contributed by atoms with Crippen molar-refractivity contribution in [3.8, 4) is 0 Å². The number of piperidine rings is 1. The Hall–Kier alpha value is -0.810. The van der Waals surface area contributed by atoms with E-state index in [9.17, 15) is 4.79 Å². The van der Waals surface area contributed by atoms with Crippen LogP contribution in [0.5, 0.6) is 0 Å². The zero-order valence-corrected chi connectivity index (χ0v) is 15.8. The molecule has 5 nitrogen and oxygen atoms in total. The van der Waals surface area contributed by atoms with Crippen molar-refractivity contribution in [1.29, 1.82) is 0 Å². The summed E-state index contributed by atoms with van der Waals surface area (Å²) < 4.78 is 0. The summed E-state index contributed by atoms with van der Waals surface area (Å²) in [5.41, 5.74) is 0. The predicted octanol–water partition coefficient (Wildman–Crippen LogP) is 2.23. The fourth-order valence-electron chi connectivity index (χ4n) is 4.77. The molecule has 3 atom stereocenters. The molecule has 2 amide bonds. The number of carbonyl (C=O) groups excluding carboxylic acids is 1. The first-order valence-electron chi connectivity index (χ1n) is 10.0. The highest BCUT2D eigenvalue weighted by Gasteiger charge is 2.48. The van der Waals surface area contributed by atoms with Crippen LogP contribution in [0.4, 0.5) is 4.79 Å². The van der Waals surface area contributed by atoms with Gasteiger partial charge in [-0.3, -0.25) is 4.90 Å². The largest absolute Gasteiger partial charge is 0.338 e. The molecule has 3 heterocycles. The van der Waals surface area contributed by atoms with Gasteiger partial charge in [-0.2, -0.15) is 0 Å². The Labute approximate surface area is 147 Å². The molecule has 3 saturated heterocycles. The summed E-state index contributed by atoms with van der Waals surface area (Å²) in [4.78, 5) is 19.6. The lowest BCUT2D eigenvalue weighted by atomic mass is 9.90. The van der Waals surface area contributed by atoms with E-state index >= 15 is 0 Å². The molecule has 0 aromatic heterocycles. The second-order valence-corrected chi connectivity index (χ2v) is 8.40. The number of hydrogen-bond donors (Lipinski definition) is 1. The quantitative estimate of drug-likeness (QED) is 0.756. The topological polar surface area (TPSA) is 38.8 Å². The molecule has 0 aromatic carbocycles. The van der Waals surface area contributed by atoms with Gasteiger partial charge in [-0.1, -0.05) is 6.42 Å². The number of likely N-dealkylation sites (tertiary alicyclic amines) is 1. The van der Waals surface area contributed by atoms with Gasteiger partial charge >= 0.3 is 6.03 Å². The maximum absolute atomic E-state index is 12.4. The molecule has 3 rings (SSSR count). The van der Waals surface area contributed by atoms with Crippen molar-refractivity contribution in [2.45, 2.75) is 58.0 Å². The van der Waals surface area contributed by atoms with Gasteiger partial charge in [0, 0.05) is 38.3 Å². The van der Waals surface area contributed by atoms with E-state index in [1.54, 1.807) is 0 Å². The molecule has 138 valence electrons. The molecule has 0 unspecified atom stereocenters. The van der Waals surface area contributed by atoms with E-state index in [0.29, 0.717) is 6.04 Å². The van der Waals surface area contributed by atoms with Gasteiger partial charge in [0.1, 0.15) is 0 Å². The zero-order valence-electron chi connectivity index (χ0n) is 15.8. The van der Waals surface area contributed by atoms with Crippen LogP contribution in [0.2, 0.25) is 0 Å². The van der Waals surface area contributed by atoms with E-state index in [-0.39, 0.29) is 6.03 Å². The van der Waals surface area contributed by atoms with E-state index < -0.39 is 0 Å². The number of urea groups is 1. The Bertz CT molecular complexity index is 428. The first-order valence-corrected chi connectivity index (χ1v) is 10.0. The van der Waals surface area contributed by atoms with Crippen molar-refractivity contribution in [1.82, 2.24) is 20.0 Å². The molecule has 0 aromatic rings. The highest BCUT2D eigenvalue weighted by Crippen LogP contribution is 2.40. The van der Waals surface area contributed by atoms with Gasteiger partial charge in [-0.15, -0.1) is 0 Å². The van der Waals surface area contributed by atoms with Crippen molar-refractivity contribution in [3.05, 3.63) is 0 Å². The van der Waals surface area contributed by atoms with E-state index in [1.807, 2.05) is 0 Å². The standard InChI is InChI=1S/C19H36N4O/c1-15(2)21(3)10-7-5-9-20-19(24)23-13-16-12-22-11-6-4-8-18(22)17(16)14-23/h15-18H,4-14H2,1-3H3,(H,20,24)/t16-,17-,18-/m0/s1. The Morgan fingerprint density at radius 3 is 2.83 bits per heavy atom. The molecule has 1 N–H and O–H groups in total.